The van der Waals surface area contributed by atoms with Crippen molar-refractivity contribution in [1.82, 2.24) is 10.2 Å². The van der Waals surface area contributed by atoms with Gasteiger partial charge in [-0.3, -0.25) is 9.79 Å². The van der Waals surface area contributed by atoms with Gasteiger partial charge in [-0.25, -0.2) is 4.39 Å². The molecule has 0 radical (unpaired) electrons. The first kappa shape index (κ1) is 20.8. The zero-order valence-corrected chi connectivity index (χ0v) is 16.6. The molecule has 2 N–H and O–H groups in total. The number of nitrogens with one attached hydrogen (secondary N) is 2. The number of halogens is 1. The average Bonchev–Trinajstić information content (AvgIpc) is 3.20. The molecule has 1 unspecified atom stereocenters. The Hall–Kier alpha value is -2.93. The van der Waals surface area contributed by atoms with Gasteiger partial charge in [0.15, 0.2) is 5.96 Å². The number of rotatable bonds is 7. The van der Waals surface area contributed by atoms with E-state index in [-0.39, 0.29) is 18.3 Å². The van der Waals surface area contributed by atoms with Gasteiger partial charge in [-0.1, -0.05) is 30.3 Å². The molecule has 1 atom stereocenters. The number of nitrogens with zero attached hydrogens (tertiary/aromatic N) is 2. The van der Waals surface area contributed by atoms with Crippen molar-refractivity contribution in [3.05, 3.63) is 66.0 Å². The number of anilines is 1. The van der Waals surface area contributed by atoms with Crippen LogP contribution in [0.3, 0.4) is 0 Å². The molecule has 29 heavy (non-hydrogen) atoms. The zero-order chi connectivity index (χ0) is 20.5. The molecule has 0 aromatic heterocycles. The zero-order valence-electron chi connectivity index (χ0n) is 16.6. The third-order valence-electron chi connectivity index (χ3n) is 4.80. The van der Waals surface area contributed by atoms with Crippen LogP contribution in [0.25, 0.3) is 0 Å². The van der Waals surface area contributed by atoms with E-state index in [2.05, 4.69) is 32.7 Å². The fraction of sp³-hybridized carbons (Fsp3) is 0.364. The van der Waals surface area contributed by atoms with Crippen LogP contribution in [0.2, 0.25) is 0 Å². The number of hydrogen-bond donors (Lipinski definition) is 2. The van der Waals surface area contributed by atoms with Crippen molar-refractivity contribution in [2.24, 2.45) is 10.9 Å². The summed E-state index contributed by atoms with van der Waals surface area (Å²) >= 11 is 0. The van der Waals surface area contributed by atoms with E-state index in [1.807, 2.05) is 18.2 Å². The summed E-state index contributed by atoms with van der Waals surface area (Å²) in [5.41, 5.74) is 1.73. The molecule has 1 heterocycles. The van der Waals surface area contributed by atoms with E-state index >= 15 is 0 Å². The van der Waals surface area contributed by atoms with E-state index in [1.54, 1.807) is 7.05 Å². The predicted octanol–water partition coefficient (Wildman–Crippen LogP) is 2.88. The monoisotopic (exact) mass is 398 g/mol. The predicted molar refractivity (Wildman–Crippen MR) is 112 cm³/mol. The van der Waals surface area contributed by atoms with Crippen molar-refractivity contribution >= 4 is 17.6 Å². The minimum atomic E-state index is -0.335. The molecule has 1 saturated heterocycles. The van der Waals surface area contributed by atoms with Crippen LogP contribution in [0.15, 0.2) is 59.6 Å². The van der Waals surface area contributed by atoms with Crippen LogP contribution in [0.5, 0.6) is 0 Å². The number of guanidine groups is 1. The number of hydrogen-bond acceptors (Lipinski definition) is 3. The largest absolute Gasteiger partial charge is 0.376 e. The van der Waals surface area contributed by atoms with E-state index < -0.39 is 0 Å². The number of aliphatic imine (C=N–C) groups is 1. The Kier molecular flexibility index (Phi) is 7.58. The Balaban J connectivity index is 1.38. The van der Waals surface area contributed by atoms with Crippen LogP contribution >= 0.6 is 0 Å². The Morgan fingerprint density at radius 1 is 1.21 bits per heavy atom. The molecule has 0 spiro atoms. The second kappa shape index (κ2) is 10.6. The van der Waals surface area contributed by atoms with Crippen LogP contribution < -0.4 is 10.6 Å². The molecule has 0 bridgehead atoms. The van der Waals surface area contributed by atoms with Gasteiger partial charge in [0, 0.05) is 31.7 Å². The number of carbonyl (C=O) groups excluding carboxylic acids is 1. The number of benzene rings is 2. The molecule has 0 saturated carbocycles. The number of carbonyl (C=O) groups is 1. The quantitative estimate of drug-likeness (QED) is 0.556. The van der Waals surface area contributed by atoms with Gasteiger partial charge in [0.2, 0.25) is 5.91 Å². The van der Waals surface area contributed by atoms with E-state index in [0.717, 1.165) is 19.5 Å². The van der Waals surface area contributed by atoms with Gasteiger partial charge in [-0.05, 0) is 36.2 Å². The Morgan fingerprint density at radius 3 is 2.69 bits per heavy atom. The van der Waals surface area contributed by atoms with Crippen molar-refractivity contribution in [2.75, 3.05) is 38.6 Å². The van der Waals surface area contributed by atoms with Gasteiger partial charge in [0.25, 0.3) is 0 Å². The molecule has 2 aromatic rings. The van der Waals surface area contributed by atoms with Crippen LogP contribution in [-0.2, 0) is 16.1 Å². The first-order valence-corrected chi connectivity index (χ1v) is 9.76. The van der Waals surface area contributed by atoms with E-state index in [9.17, 15) is 9.18 Å². The maximum Gasteiger partial charge on any atom is 0.243 e. The standard InChI is InChI=1S/C22H27FN4O2/c1-24-22(25-13-21(28)26-20-9-7-19(23)8-10-20)27-12-11-18(14-27)16-29-15-17-5-3-2-4-6-17/h2-10,18H,11-16H2,1H3,(H,24,25)(H,26,28). The second-order valence-corrected chi connectivity index (χ2v) is 7.06. The van der Waals surface area contributed by atoms with Crippen LogP contribution in [0, 0.1) is 11.7 Å². The topological polar surface area (TPSA) is 66.0 Å². The van der Waals surface area contributed by atoms with Crippen molar-refractivity contribution < 1.29 is 13.9 Å². The second-order valence-electron chi connectivity index (χ2n) is 7.06. The fourth-order valence-electron chi connectivity index (χ4n) is 3.31. The number of ether oxygens (including phenoxy) is 1. The number of amides is 1. The SMILES string of the molecule is CN=C(NCC(=O)Nc1ccc(F)cc1)N1CCC(COCc2ccccc2)C1. The van der Waals surface area contributed by atoms with Gasteiger partial charge in [0.05, 0.1) is 19.8 Å². The molecule has 7 heteroatoms. The highest BCUT2D eigenvalue weighted by Crippen LogP contribution is 2.17. The third-order valence-corrected chi connectivity index (χ3v) is 4.80. The molecule has 6 nitrogen and oxygen atoms in total. The normalized spacial score (nSPS) is 16.7. The van der Waals surface area contributed by atoms with Gasteiger partial charge < -0.3 is 20.3 Å². The van der Waals surface area contributed by atoms with E-state index in [0.29, 0.717) is 30.8 Å². The van der Waals surface area contributed by atoms with Crippen molar-refractivity contribution in [1.29, 1.82) is 0 Å². The van der Waals surface area contributed by atoms with Gasteiger partial charge in [-0.2, -0.15) is 0 Å². The molecular weight excluding hydrogens is 371 g/mol. The summed E-state index contributed by atoms with van der Waals surface area (Å²) in [5, 5.41) is 5.82. The Labute approximate surface area is 170 Å². The molecule has 0 aliphatic carbocycles. The van der Waals surface area contributed by atoms with Gasteiger partial charge in [-0.15, -0.1) is 0 Å². The highest BCUT2D eigenvalue weighted by molar-refractivity contribution is 5.95. The van der Waals surface area contributed by atoms with Crippen molar-refractivity contribution in [3.8, 4) is 0 Å². The summed E-state index contributed by atoms with van der Waals surface area (Å²) in [6, 6.07) is 15.8. The Bertz CT molecular complexity index is 811. The maximum atomic E-state index is 12.9. The summed E-state index contributed by atoms with van der Waals surface area (Å²) in [6.07, 6.45) is 1.03. The lowest BCUT2D eigenvalue weighted by atomic mass is 10.1. The lowest BCUT2D eigenvalue weighted by molar-refractivity contribution is -0.115. The van der Waals surface area contributed by atoms with Gasteiger partial charge in [0.1, 0.15) is 5.82 Å². The molecule has 1 aliphatic heterocycles. The summed E-state index contributed by atoms with van der Waals surface area (Å²) in [7, 11) is 1.71. The molecule has 1 amide bonds. The molecule has 3 rings (SSSR count). The van der Waals surface area contributed by atoms with Crippen molar-refractivity contribution in [3.63, 3.8) is 0 Å². The maximum absolute atomic E-state index is 12.9. The lowest BCUT2D eigenvalue weighted by Crippen LogP contribution is -2.43. The molecule has 2 aromatic carbocycles. The fourth-order valence-corrected chi connectivity index (χ4v) is 3.31. The van der Waals surface area contributed by atoms with Gasteiger partial charge >= 0.3 is 0 Å². The van der Waals surface area contributed by atoms with Crippen molar-refractivity contribution in [2.45, 2.75) is 13.0 Å². The van der Waals surface area contributed by atoms with Crippen LogP contribution in [-0.4, -0.2) is 50.1 Å². The smallest absolute Gasteiger partial charge is 0.243 e. The minimum absolute atomic E-state index is 0.0930. The third kappa shape index (κ3) is 6.57. The summed E-state index contributed by atoms with van der Waals surface area (Å²) in [5.74, 6) is 0.590. The molecule has 1 fully saturated rings. The lowest BCUT2D eigenvalue weighted by Gasteiger charge is -2.21. The summed E-state index contributed by atoms with van der Waals surface area (Å²) in [4.78, 5) is 18.5. The number of likely N-dealkylation sites (tertiary alicyclic amines) is 1. The Morgan fingerprint density at radius 2 is 1.97 bits per heavy atom. The first-order valence-electron chi connectivity index (χ1n) is 9.76. The van der Waals surface area contributed by atoms with E-state index in [4.69, 9.17) is 4.74 Å². The minimum Gasteiger partial charge on any atom is -0.376 e. The van der Waals surface area contributed by atoms with Crippen LogP contribution in [0.4, 0.5) is 10.1 Å². The van der Waals surface area contributed by atoms with E-state index in [1.165, 1.54) is 29.8 Å². The highest BCUT2D eigenvalue weighted by atomic mass is 19.1. The molecular formula is C22H27FN4O2. The first-order chi connectivity index (χ1) is 14.1. The molecule has 1 aliphatic rings. The average molecular weight is 398 g/mol. The summed E-state index contributed by atoms with van der Waals surface area (Å²) < 4.78 is 18.8. The van der Waals surface area contributed by atoms with Crippen LogP contribution in [0.1, 0.15) is 12.0 Å². The highest BCUT2D eigenvalue weighted by Gasteiger charge is 2.25. The summed E-state index contributed by atoms with van der Waals surface area (Å²) in [6.45, 7) is 3.13. The molecule has 154 valence electrons.